The molecule has 1 aliphatic rings. The third-order valence-electron chi connectivity index (χ3n) is 3.70. The second-order valence-corrected chi connectivity index (χ2v) is 5.00. The van der Waals surface area contributed by atoms with Crippen LogP contribution < -0.4 is 5.73 Å². The number of imidazole rings is 1. The topological polar surface area (TPSA) is 47.1 Å². The molecule has 1 aromatic heterocycles. The molecule has 0 aliphatic carbocycles. The molecule has 8 heteroatoms. The van der Waals surface area contributed by atoms with Crippen molar-refractivity contribution < 1.29 is 8.78 Å². The third kappa shape index (κ3) is 4.84. The van der Waals surface area contributed by atoms with Crippen molar-refractivity contribution in [1.29, 1.82) is 0 Å². The molecule has 1 unspecified atom stereocenters. The fourth-order valence-electron chi connectivity index (χ4n) is 2.48. The van der Waals surface area contributed by atoms with Gasteiger partial charge in [-0.15, -0.1) is 24.8 Å². The van der Waals surface area contributed by atoms with Gasteiger partial charge in [-0.25, -0.2) is 4.98 Å². The zero-order valence-corrected chi connectivity index (χ0v) is 13.0. The molecule has 4 nitrogen and oxygen atoms in total. The molecule has 1 aromatic rings. The first-order valence-corrected chi connectivity index (χ1v) is 6.35. The van der Waals surface area contributed by atoms with E-state index in [1.165, 1.54) is 12.4 Å². The molecule has 118 valence electrons. The minimum atomic E-state index is -2.51. The number of likely N-dealkylation sites (tertiary alicyclic amines) is 1. The van der Waals surface area contributed by atoms with E-state index >= 15 is 0 Å². The molecule has 0 spiro atoms. The summed E-state index contributed by atoms with van der Waals surface area (Å²) in [5.74, 6) is 0.986. The Kier molecular flexibility index (Phi) is 8.58. The van der Waals surface area contributed by atoms with Crippen molar-refractivity contribution in [3.8, 4) is 0 Å². The highest BCUT2D eigenvalue weighted by atomic mass is 35.5. The van der Waals surface area contributed by atoms with Gasteiger partial charge in [-0.05, 0) is 38.8 Å². The Bertz CT molecular complexity index is 379. The number of nitrogens with zero attached hydrogens (tertiary/aromatic N) is 3. The van der Waals surface area contributed by atoms with Crippen LogP contribution in [0.2, 0.25) is 0 Å². The minimum Gasteiger partial charge on any atom is -0.328 e. The van der Waals surface area contributed by atoms with Crippen LogP contribution in [0, 0.1) is 5.92 Å². The van der Waals surface area contributed by atoms with Crippen LogP contribution in [0.4, 0.5) is 8.78 Å². The van der Waals surface area contributed by atoms with E-state index in [0.29, 0.717) is 18.3 Å². The molecule has 1 atom stereocenters. The molecule has 1 fully saturated rings. The molecular formula is C12H22Cl2F2N4. The van der Waals surface area contributed by atoms with Gasteiger partial charge in [0.05, 0.1) is 6.54 Å². The van der Waals surface area contributed by atoms with Gasteiger partial charge in [0.2, 0.25) is 0 Å². The molecule has 0 bridgehead atoms. The summed E-state index contributed by atoms with van der Waals surface area (Å²) in [6, 6.07) is 0.218. The number of aromatic nitrogens is 2. The van der Waals surface area contributed by atoms with Gasteiger partial charge in [0.1, 0.15) is 5.82 Å². The van der Waals surface area contributed by atoms with Crippen molar-refractivity contribution >= 4 is 24.8 Å². The molecule has 1 aliphatic heterocycles. The van der Waals surface area contributed by atoms with E-state index in [1.54, 1.807) is 0 Å². The molecule has 1 saturated heterocycles. The van der Waals surface area contributed by atoms with Gasteiger partial charge < -0.3 is 5.73 Å². The van der Waals surface area contributed by atoms with Crippen molar-refractivity contribution in [2.75, 3.05) is 13.1 Å². The molecule has 20 heavy (non-hydrogen) atoms. The van der Waals surface area contributed by atoms with Crippen LogP contribution in [0.5, 0.6) is 0 Å². The van der Waals surface area contributed by atoms with Crippen LogP contribution in [0.15, 0.2) is 12.4 Å². The van der Waals surface area contributed by atoms with Crippen molar-refractivity contribution in [2.24, 2.45) is 11.7 Å². The van der Waals surface area contributed by atoms with Gasteiger partial charge in [-0.3, -0.25) is 9.47 Å². The fourth-order valence-corrected chi connectivity index (χ4v) is 2.48. The summed E-state index contributed by atoms with van der Waals surface area (Å²) in [4.78, 5) is 6.17. The van der Waals surface area contributed by atoms with Crippen LogP contribution in [-0.4, -0.2) is 33.6 Å². The minimum absolute atomic E-state index is 0. The normalized spacial score (nSPS) is 18.4. The van der Waals surface area contributed by atoms with E-state index in [-0.39, 0.29) is 30.9 Å². The highest BCUT2D eigenvalue weighted by Gasteiger charge is 2.23. The Balaban J connectivity index is 0.00000180. The second kappa shape index (κ2) is 8.77. The summed E-state index contributed by atoms with van der Waals surface area (Å²) in [7, 11) is 0. The van der Waals surface area contributed by atoms with Crippen LogP contribution >= 0.6 is 24.8 Å². The van der Waals surface area contributed by atoms with Crippen molar-refractivity contribution in [2.45, 2.75) is 38.9 Å². The lowest BCUT2D eigenvalue weighted by molar-refractivity contribution is 0.0621. The number of alkyl halides is 2. The smallest absolute Gasteiger partial charge is 0.319 e. The van der Waals surface area contributed by atoms with E-state index < -0.39 is 6.55 Å². The van der Waals surface area contributed by atoms with Gasteiger partial charge in [-0.1, -0.05) is 0 Å². The maximum Gasteiger partial charge on any atom is 0.319 e. The molecule has 0 amide bonds. The third-order valence-corrected chi connectivity index (χ3v) is 3.70. The van der Waals surface area contributed by atoms with E-state index in [1.807, 2.05) is 6.92 Å². The lowest BCUT2D eigenvalue weighted by Gasteiger charge is -2.33. The van der Waals surface area contributed by atoms with Gasteiger partial charge in [-0.2, -0.15) is 8.78 Å². The zero-order valence-electron chi connectivity index (χ0n) is 11.4. The first kappa shape index (κ1) is 19.6. The molecule has 2 rings (SSSR count). The van der Waals surface area contributed by atoms with Crippen LogP contribution in [0.3, 0.4) is 0 Å². The Labute approximate surface area is 130 Å². The summed E-state index contributed by atoms with van der Waals surface area (Å²) in [6.45, 7) is 1.82. The number of piperidine rings is 1. The lowest BCUT2D eigenvalue weighted by atomic mass is 9.91. The Hall–Kier alpha value is -0.430. The van der Waals surface area contributed by atoms with Crippen molar-refractivity contribution in [3.05, 3.63) is 18.2 Å². The molecule has 0 saturated carbocycles. The Morgan fingerprint density at radius 2 is 1.95 bits per heavy atom. The maximum absolute atomic E-state index is 12.7. The van der Waals surface area contributed by atoms with E-state index in [0.717, 1.165) is 30.5 Å². The predicted octanol–water partition coefficient (Wildman–Crippen LogP) is 2.68. The largest absolute Gasteiger partial charge is 0.328 e. The fraction of sp³-hybridized carbons (Fsp3) is 0.750. The molecular weight excluding hydrogens is 309 g/mol. The quantitative estimate of drug-likeness (QED) is 0.923. The molecule has 0 radical (unpaired) electrons. The summed E-state index contributed by atoms with van der Waals surface area (Å²) >= 11 is 0. The second-order valence-electron chi connectivity index (χ2n) is 5.00. The van der Waals surface area contributed by atoms with E-state index in [4.69, 9.17) is 5.73 Å². The van der Waals surface area contributed by atoms with Crippen molar-refractivity contribution in [3.63, 3.8) is 0 Å². The Morgan fingerprint density at radius 1 is 1.35 bits per heavy atom. The van der Waals surface area contributed by atoms with Crippen molar-refractivity contribution in [1.82, 2.24) is 14.5 Å². The van der Waals surface area contributed by atoms with E-state index in [2.05, 4.69) is 9.88 Å². The molecule has 0 aromatic carbocycles. The number of rotatable bonds is 4. The highest BCUT2D eigenvalue weighted by Crippen LogP contribution is 2.21. The van der Waals surface area contributed by atoms with Crippen LogP contribution in [0.1, 0.15) is 32.1 Å². The summed E-state index contributed by atoms with van der Waals surface area (Å²) < 4.78 is 26.3. The first-order chi connectivity index (χ1) is 8.58. The highest BCUT2D eigenvalue weighted by molar-refractivity contribution is 5.85. The number of hydrogen-bond donors (Lipinski definition) is 1. The summed E-state index contributed by atoms with van der Waals surface area (Å²) in [6.07, 6.45) is 4.82. The number of halogens is 4. The summed E-state index contributed by atoms with van der Waals surface area (Å²) in [5.41, 5.74) is 5.88. The average Bonchev–Trinajstić information content (AvgIpc) is 2.78. The zero-order chi connectivity index (χ0) is 13.1. The van der Waals surface area contributed by atoms with E-state index in [9.17, 15) is 8.78 Å². The first-order valence-electron chi connectivity index (χ1n) is 6.35. The standard InChI is InChI=1S/C12H20F2N4.2ClH/c1-9(15)10-2-5-17(6-3-10)8-11-16-4-7-18(11)12(13)14;;/h4,7,9-10,12H,2-3,5-6,8,15H2,1H3;2*1H. The number of nitrogens with two attached hydrogens (primary N) is 1. The monoisotopic (exact) mass is 330 g/mol. The van der Waals surface area contributed by atoms with Crippen LogP contribution in [-0.2, 0) is 6.54 Å². The number of hydrogen-bond acceptors (Lipinski definition) is 3. The average molecular weight is 331 g/mol. The van der Waals surface area contributed by atoms with Crippen LogP contribution in [0.25, 0.3) is 0 Å². The van der Waals surface area contributed by atoms with Gasteiger partial charge in [0.15, 0.2) is 0 Å². The Morgan fingerprint density at radius 3 is 2.45 bits per heavy atom. The van der Waals surface area contributed by atoms with Gasteiger partial charge in [0.25, 0.3) is 0 Å². The van der Waals surface area contributed by atoms with Gasteiger partial charge >= 0.3 is 6.55 Å². The molecule has 2 heterocycles. The summed E-state index contributed by atoms with van der Waals surface area (Å²) in [5, 5.41) is 0. The SMILES string of the molecule is CC(N)C1CCN(Cc2nccn2C(F)F)CC1.Cl.Cl. The van der Waals surface area contributed by atoms with Gasteiger partial charge in [0, 0.05) is 18.4 Å². The molecule has 2 N–H and O–H groups in total. The lowest BCUT2D eigenvalue weighted by Crippen LogP contribution is -2.39. The predicted molar refractivity (Wildman–Crippen MR) is 79.6 cm³/mol. The maximum atomic E-state index is 12.7.